The first-order chi connectivity index (χ1) is 8.81. The molecule has 0 spiro atoms. The van der Waals surface area contributed by atoms with E-state index in [1.807, 2.05) is 13.8 Å². The molecule has 0 aromatic heterocycles. The van der Waals surface area contributed by atoms with Crippen molar-refractivity contribution in [3.8, 4) is 0 Å². The molecule has 19 heavy (non-hydrogen) atoms. The van der Waals surface area contributed by atoms with Gasteiger partial charge in [0.15, 0.2) is 0 Å². The first-order valence-corrected chi connectivity index (χ1v) is 5.63. The van der Waals surface area contributed by atoms with Gasteiger partial charge in [0, 0.05) is 18.6 Å². The number of nitro groups is 1. The standard InChI is InChI=1S/C12H14N2O5/c1-7(2)5-11(15)13-10-4-3-8(14(18)19)6-9(10)12(16)17/h3-4,6-7H,5H2,1-2H3,(H,13,15)(H,16,17). The molecule has 1 aromatic carbocycles. The second-order valence-electron chi connectivity index (χ2n) is 4.44. The number of nitrogens with zero attached hydrogens (tertiary/aromatic N) is 1. The van der Waals surface area contributed by atoms with Crippen LogP contribution in [0.1, 0.15) is 30.6 Å². The molecule has 0 saturated carbocycles. The minimum Gasteiger partial charge on any atom is -0.478 e. The van der Waals surface area contributed by atoms with Gasteiger partial charge in [-0.2, -0.15) is 0 Å². The van der Waals surface area contributed by atoms with Crippen molar-refractivity contribution in [2.24, 2.45) is 5.92 Å². The molecule has 0 aliphatic rings. The zero-order valence-electron chi connectivity index (χ0n) is 10.5. The molecule has 1 amide bonds. The highest BCUT2D eigenvalue weighted by Gasteiger charge is 2.17. The molecule has 1 aromatic rings. The molecule has 0 aliphatic heterocycles. The van der Waals surface area contributed by atoms with Crippen molar-refractivity contribution >= 4 is 23.3 Å². The summed E-state index contributed by atoms with van der Waals surface area (Å²) >= 11 is 0. The summed E-state index contributed by atoms with van der Waals surface area (Å²) in [7, 11) is 0. The Labute approximate surface area is 109 Å². The van der Waals surface area contributed by atoms with Crippen molar-refractivity contribution in [3.63, 3.8) is 0 Å². The minimum absolute atomic E-state index is 0.0590. The van der Waals surface area contributed by atoms with E-state index in [1.165, 1.54) is 6.07 Å². The van der Waals surface area contributed by atoms with E-state index < -0.39 is 10.9 Å². The molecule has 0 aliphatic carbocycles. The van der Waals surface area contributed by atoms with Crippen LogP contribution in [0.2, 0.25) is 0 Å². The molecular weight excluding hydrogens is 252 g/mol. The summed E-state index contributed by atoms with van der Waals surface area (Å²) in [4.78, 5) is 32.5. The van der Waals surface area contributed by atoms with Gasteiger partial charge in [-0.15, -0.1) is 0 Å². The lowest BCUT2D eigenvalue weighted by atomic mass is 10.1. The average molecular weight is 266 g/mol. The maximum Gasteiger partial charge on any atom is 0.338 e. The number of nitro benzene ring substituents is 1. The predicted octanol–water partition coefficient (Wildman–Crippen LogP) is 2.28. The minimum atomic E-state index is -1.33. The number of aromatic carboxylic acids is 1. The summed E-state index contributed by atoms with van der Waals surface area (Å²) in [5.41, 5.74) is -0.575. The number of benzene rings is 1. The van der Waals surface area contributed by atoms with Crippen molar-refractivity contribution in [2.75, 3.05) is 5.32 Å². The normalized spacial score (nSPS) is 10.3. The Balaban J connectivity index is 3.04. The van der Waals surface area contributed by atoms with Gasteiger partial charge in [0.25, 0.3) is 5.69 Å². The van der Waals surface area contributed by atoms with Crippen molar-refractivity contribution in [3.05, 3.63) is 33.9 Å². The Kier molecular flexibility index (Phi) is 4.57. The number of carboxylic acids is 1. The number of amides is 1. The van der Waals surface area contributed by atoms with Crippen molar-refractivity contribution in [2.45, 2.75) is 20.3 Å². The molecule has 7 heteroatoms. The molecule has 0 radical (unpaired) electrons. The fourth-order valence-corrected chi connectivity index (χ4v) is 1.50. The van der Waals surface area contributed by atoms with Crippen LogP contribution in [0.15, 0.2) is 18.2 Å². The summed E-state index contributed by atoms with van der Waals surface area (Å²) < 4.78 is 0. The second-order valence-corrected chi connectivity index (χ2v) is 4.44. The Morgan fingerprint density at radius 3 is 2.53 bits per heavy atom. The van der Waals surface area contributed by atoms with E-state index in [9.17, 15) is 19.7 Å². The van der Waals surface area contributed by atoms with Gasteiger partial charge in [0.1, 0.15) is 0 Å². The highest BCUT2D eigenvalue weighted by molar-refractivity contribution is 6.01. The molecular formula is C12H14N2O5. The van der Waals surface area contributed by atoms with Gasteiger partial charge in [0.2, 0.25) is 5.91 Å². The number of hydrogen-bond acceptors (Lipinski definition) is 4. The number of carbonyl (C=O) groups excluding carboxylic acids is 1. The van der Waals surface area contributed by atoms with Gasteiger partial charge in [-0.25, -0.2) is 4.79 Å². The van der Waals surface area contributed by atoms with Crippen LogP contribution in [-0.2, 0) is 4.79 Å². The maximum atomic E-state index is 11.6. The SMILES string of the molecule is CC(C)CC(=O)Nc1ccc([N+](=O)[O-])cc1C(=O)O. The number of carboxylic acid groups (broad SMARTS) is 1. The number of anilines is 1. The first kappa shape index (κ1) is 14.6. The molecule has 1 rings (SSSR count). The lowest BCUT2D eigenvalue weighted by Crippen LogP contribution is -2.16. The summed E-state index contributed by atoms with van der Waals surface area (Å²) in [6.07, 6.45) is 0.246. The molecule has 0 bridgehead atoms. The lowest BCUT2D eigenvalue weighted by molar-refractivity contribution is -0.384. The van der Waals surface area contributed by atoms with Gasteiger partial charge < -0.3 is 10.4 Å². The fourth-order valence-electron chi connectivity index (χ4n) is 1.50. The quantitative estimate of drug-likeness (QED) is 0.627. The van der Waals surface area contributed by atoms with E-state index in [2.05, 4.69) is 5.32 Å². The van der Waals surface area contributed by atoms with Crippen LogP contribution in [-0.4, -0.2) is 21.9 Å². The Hall–Kier alpha value is -2.44. The van der Waals surface area contributed by atoms with Crippen LogP contribution in [0.3, 0.4) is 0 Å². The molecule has 0 unspecified atom stereocenters. The van der Waals surface area contributed by atoms with Crippen LogP contribution in [0.25, 0.3) is 0 Å². The van der Waals surface area contributed by atoms with E-state index in [0.717, 1.165) is 12.1 Å². The van der Waals surface area contributed by atoms with Crippen molar-refractivity contribution in [1.29, 1.82) is 0 Å². The number of nitrogens with one attached hydrogen (secondary N) is 1. The zero-order chi connectivity index (χ0) is 14.6. The van der Waals surface area contributed by atoms with Crippen molar-refractivity contribution < 1.29 is 19.6 Å². The second kappa shape index (κ2) is 5.94. The Bertz CT molecular complexity index is 525. The highest BCUT2D eigenvalue weighted by atomic mass is 16.6. The maximum absolute atomic E-state index is 11.6. The topological polar surface area (TPSA) is 110 Å². The largest absolute Gasteiger partial charge is 0.478 e. The van der Waals surface area contributed by atoms with E-state index in [-0.39, 0.29) is 35.2 Å². The van der Waals surface area contributed by atoms with Crippen LogP contribution >= 0.6 is 0 Å². The summed E-state index contributed by atoms with van der Waals surface area (Å²) in [6.45, 7) is 3.71. The number of hydrogen-bond donors (Lipinski definition) is 2. The van der Waals surface area contributed by atoms with Gasteiger partial charge in [-0.3, -0.25) is 14.9 Å². The third-order valence-corrected chi connectivity index (χ3v) is 2.31. The molecule has 0 saturated heterocycles. The summed E-state index contributed by atoms with van der Waals surface area (Å²) in [6, 6.07) is 3.30. The van der Waals surface area contributed by atoms with Crippen LogP contribution in [0.5, 0.6) is 0 Å². The first-order valence-electron chi connectivity index (χ1n) is 5.63. The molecule has 2 N–H and O–H groups in total. The van der Waals surface area contributed by atoms with E-state index >= 15 is 0 Å². The average Bonchev–Trinajstić information content (AvgIpc) is 2.27. The van der Waals surface area contributed by atoms with Gasteiger partial charge in [-0.1, -0.05) is 13.8 Å². The highest BCUT2D eigenvalue weighted by Crippen LogP contribution is 2.22. The molecule has 7 nitrogen and oxygen atoms in total. The van der Waals surface area contributed by atoms with E-state index in [1.54, 1.807) is 0 Å². The van der Waals surface area contributed by atoms with Gasteiger partial charge >= 0.3 is 5.97 Å². The number of carbonyl (C=O) groups is 2. The molecule has 0 heterocycles. The number of rotatable bonds is 5. The van der Waals surface area contributed by atoms with Crippen LogP contribution < -0.4 is 5.32 Å². The van der Waals surface area contributed by atoms with Crippen LogP contribution in [0, 0.1) is 16.0 Å². The monoisotopic (exact) mass is 266 g/mol. The van der Waals surface area contributed by atoms with Gasteiger partial charge in [-0.05, 0) is 12.0 Å². The third-order valence-electron chi connectivity index (χ3n) is 2.31. The molecule has 0 fully saturated rings. The van der Waals surface area contributed by atoms with E-state index in [4.69, 9.17) is 5.11 Å². The zero-order valence-corrected chi connectivity index (χ0v) is 10.5. The lowest BCUT2D eigenvalue weighted by Gasteiger charge is -2.09. The third kappa shape index (κ3) is 4.06. The summed E-state index contributed by atoms with van der Waals surface area (Å²) in [5.74, 6) is -1.53. The van der Waals surface area contributed by atoms with Gasteiger partial charge in [0.05, 0.1) is 16.2 Å². The number of non-ortho nitro benzene ring substituents is 1. The Morgan fingerprint density at radius 1 is 1.42 bits per heavy atom. The molecule has 0 atom stereocenters. The fraction of sp³-hybridized carbons (Fsp3) is 0.333. The Morgan fingerprint density at radius 2 is 2.05 bits per heavy atom. The smallest absolute Gasteiger partial charge is 0.338 e. The predicted molar refractivity (Wildman–Crippen MR) is 68.1 cm³/mol. The van der Waals surface area contributed by atoms with Crippen molar-refractivity contribution in [1.82, 2.24) is 0 Å². The molecule has 102 valence electrons. The van der Waals surface area contributed by atoms with Crippen LogP contribution in [0.4, 0.5) is 11.4 Å². The van der Waals surface area contributed by atoms with E-state index in [0.29, 0.717) is 0 Å². The summed E-state index contributed by atoms with van der Waals surface area (Å²) in [5, 5.41) is 22.0.